The molecule has 3 nitrogen and oxygen atoms in total. The van der Waals surface area contributed by atoms with Gasteiger partial charge >= 0.3 is 0 Å². The van der Waals surface area contributed by atoms with Crippen molar-refractivity contribution in [1.82, 2.24) is 0 Å². The first-order valence-electron chi connectivity index (χ1n) is 12.0. The molecule has 3 fully saturated rings. The van der Waals surface area contributed by atoms with Crippen LogP contribution in [0.4, 0.5) is 0 Å². The van der Waals surface area contributed by atoms with Gasteiger partial charge in [0.2, 0.25) is 0 Å². The van der Waals surface area contributed by atoms with E-state index in [0.717, 1.165) is 18.4 Å². The van der Waals surface area contributed by atoms with Gasteiger partial charge in [-0.1, -0.05) is 27.4 Å². The van der Waals surface area contributed by atoms with Gasteiger partial charge in [0.15, 0.2) is 17.3 Å². The Morgan fingerprint density at radius 3 is 2.60 bits per heavy atom. The van der Waals surface area contributed by atoms with Crippen LogP contribution in [-0.4, -0.2) is 17.3 Å². The number of carbonyl (C=O) groups is 3. The molecule has 0 radical (unpaired) electrons. The van der Waals surface area contributed by atoms with Crippen molar-refractivity contribution in [1.29, 1.82) is 0 Å². The third-order valence-corrected chi connectivity index (χ3v) is 9.85. The van der Waals surface area contributed by atoms with E-state index < -0.39 is 0 Å². The van der Waals surface area contributed by atoms with E-state index in [1.54, 1.807) is 6.08 Å². The molecule has 0 amide bonds. The highest BCUT2D eigenvalue weighted by molar-refractivity contribution is 6.05. The summed E-state index contributed by atoms with van der Waals surface area (Å²) in [6, 6.07) is 0. The third-order valence-electron chi connectivity index (χ3n) is 9.85. The topological polar surface area (TPSA) is 51.2 Å². The number of hydrogen-bond acceptors (Lipinski definition) is 3. The van der Waals surface area contributed by atoms with E-state index >= 15 is 0 Å². The Kier molecular flexibility index (Phi) is 5.48. The van der Waals surface area contributed by atoms with Crippen molar-refractivity contribution in [2.75, 3.05) is 0 Å². The Bertz CT molecular complexity index is 820. The number of Topliss-reactive ketones (excluding diaryl/α,β-unsaturated/α-hetero) is 2. The van der Waals surface area contributed by atoms with Crippen molar-refractivity contribution in [2.45, 2.75) is 85.5 Å². The van der Waals surface area contributed by atoms with Crippen LogP contribution in [0.2, 0.25) is 0 Å². The van der Waals surface area contributed by atoms with Crippen molar-refractivity contribution < 1.29 is 14.4 Å². The second kappa shape index (κ2) is 7.57. The van der Waals surface area contributed by atoms with E-state index in [-0.39, 0.29) is 28.2 Å². The number of fused-ring (bicyclic) bond motifs is 5. The van der Waals surface area contributed by atoms with Gasteiger partial charge in [-0.15, -0.1) is 0 Å². The molecule has 0 bridgehead atoms. The predicted molar refractivity (Wildman–Crippen MR) is 119 cm³/mol. The minimum atomic E-state index is -0.104. The fourth-order valence-electron chi connectivity index (χ4n) is 8.14. The maximum atomic E-state index is 13.1. The first kappa shape index (κ1) is 21.7. The molecule has 30 heavy (non-hydrogen) atoms. The van der Waals surface area contributed by atoms with Crippen molar-refractivity contribution in [3.63, 3.8) is 0 Å². The Morgan fingerprint density at radius 1 is 1.17 bits per heavy atom. The van der Waals surface area contributed by atoms with Crippen LogP contribution < -0.4 is 0 Å². The quantitative estimate of drug-likeness (QED) is 0.532. The fraction of sp³-hybridized carbons (Fsp3) is 0.741. The molecular weight excluding hydrogens is 372 g/mol. The van der Waals surface area contributed by atoms with Gasteiger partial charge < -0.3 is 0 Å². The van der Waals surface area contributed by atoms with E-state index in [1.165, 1.54) is 25.7 Å². The van der Waals surface area contributed by atoms with Gasteiger partial charge in [0.05, 0.1) is 0 Å². The molecule has 3 heteroatoms. The molecular formula is C27H38O3. The highest BCUT2D eigenvalue weighted by Gasteiger charge is 2.61. The number of ketones is 3. The van der Waals surface area contributed by atoms with Gasteiger partial charge in [-0.3, -0.25) is 14.4 Å². The zero-order valence-corrected chi connectivity index (χ0v) is 19.3. The van der Waals surface area contributed by atoms with Gasteiger partial charge in [0.1, 0.15) is 0 Å². The van der Waals surface area contributed by atoms with Crippen molar-refractivity contribution in [3.8, 4) is 0 Å². The van der Waals surface area contributed by atoms with Crippen LogP contribution >= 0.6 is 0 Å². The second-order valence-corrected chi connectivity index (χ2v) is 11.4. The monoisotopic (exact) mass is 410 g/mol. The standard InChI is InChI=1S/C27H38O3/c1-16(2)24(29)9-6-17(3)20-7-8-21-19-15-25(30)23-14-18(28)10-12-27(23,5)22(19)11-13-26(20,21)4/h14,17,19-22H,1,6-13,15H2,2-5H3/t17-,19+,20-,21+,22+,26-,27-/m1/s1. The van der Waals surface area contributed by atoms with Crippen LogP contribution in [0, 0.1) is 40.4 Å². The molecule has 0 aliphatic heterocycles. The SMILES string of the molecule is C=C(C)C(=O)CC[C@@H](C)[C@H]1CC[C@H]2[C@@H]3CC(=O)C4=CC(=O)CC[C@]4(C)[C@H]3CC[C@]12C. The fourth-order valence-corrected chi connectivity index (χ4v) is 8.14. The van der Waals surface area contributed by atoms with Crippen molar-refractivity contribution in [2.24, 2.45) is 40.4 Å². The summed E-state index contributed by atoms with van der Waals surface area (Å²) in [4.78, 5) is 37.2. The van der Waals surface area contributed by atoms with Gasteiger partial charge in [-0.05, 0) is 97.5 Å². The van der Waals surface area contributed by atoms with Crippen molar-refractivity contribution >= 4 is 17.3 Å². The highest BCUT2D eigenvalue weighted by atomic mass is 16.1. The van der Waals surface area contributed by atoms with Crippen LogP contribution in [0.1, 0.15) is 85.5 Å². The predicted octanol–water partition coefficient (Wildman–Crippen LogP) is 5.88. The summed E-state index contributed by atoms with van der Waals surface area (Å²) >= 11 is 0. The smallest absolute Gasteiger partial charge is 0.159 e. The molecule has 164 valence electrons. The normalized spacial score (nSPS) is 41.4. The lowest BCUT2D eigenvalue weighted by Crippen LogP contribution is -2.53. The minimum absolute atomic E-state index is 0.104. The van der Waals surface area contributed by atoms with E-state index in [2.05, 4.69) is 27.4 Å². The molecule has 0 aromatic rings. The van der Waals surface area contributed by atoms with Crippen LogP contribution in [-0.2, 0) is 14.4 Å². The zero-order valence-electron chi connectivity index (χ0n) is 19.3. The maximum absolute atomic E-state index is 13.1. The summed E-state index contributed by atoms with van der Waals surface area (Å²) in [5, 5.41) is 0. The molecule has 0 saturated heterocycles. The maximum Gasteiger partial charge on any atom is 0.159 e. The van der Waals surface area contributed by atoms with Crippen molar-refractivity contribution in [3.05, 3.63) is 23.8 Å². The first-order chi connectivity index (χ1) is 14.1. The Morgan fingerprint density at radius 2 is 1.90 bits per heavy atom. The average Bonchev–Trinajstić information content (AvgIpc) is 3.04. The number of hydrogen-bond donors (Lipinski definition) is 0. The number of carbonyl (C=O) groups excluding carboxylic acids is 3. The molecule has 0 unspecified atom stereocenters. The second-order valence-electron chi connectivity index (χ2n) is 11.4. The largest absolute Gasteiger partial charge is 0.295 e. The summed E-state index contributed by atoms with van der Waals surface area (Å²) < 4.78 is 0. The molecule has 3 saturated carbocycles. The molecule has 0 aromatic heterocycles. The van der Waals surface area contributed by atoms with E-state index in [0.29, 0.717) is 54.4 Å². The van der Waals surface area contributed by atoms with Crippen LogP contribution in [0.5, 0.6) is 0 Å². The van der Waals surface area contributed by atoms with E-state index in [4.69, 9.17) is 0 Å². The van der Waals surface area contributed by atoms with Crippen LogP contribution in [0.25, 0.3) is 0 Å². The zero-order chi connectivity index (χ0) is 21.8. The lowest BCUT2D eigenvalue weighted by Gasteiger charge is -2.57. The summed E-state index contributed by atoms with van der Waals surface area (Å²) in [7, 11) is 0. The average molecular weight is 411 g/mol. The van der Waals surface area contributed by atoms with Gasteiger partial charge in [0, 0.05) is 24.8 Å². The molecule has 0 aromatic carbocycles. The summed E-state index contributed by atoms with van der Waals surface area (Å²) in [6.45, 7) is 12.7. The molecule has 0 heterocycles. The molecule has 4 rings (SSSR count). The lowest BCUT2D eigenvalue weighted by molar-refractivity contribution is -0.131. The Hall–Kier alpha value is -1.51. The van der Waals surface area contributed by atoms with E-state index in [1.807, 2.05) is 6.92 Å². The van der Waals surface area contributed by atoms with Gasteiger partial charge in [-0.2, -0.15) is 0 Å². The van der Waals surface area contributed by atoms with E-state index in [9.17, 15) is 14.4 Å². The Labute approximate surface area is 181 Å². The van der Waals surface area contributed by atoms with Crippen LogP contribution in [0.15, 0.2) is 23.8 Å². The molecule has 4 aliphatic rings. The summed E-state index contributed by atoms with van der Waals surface area (Å²) in [5.74, 6) is 3.32. The molecule has 0 N–H and O–H groups in total. The van der Waals surface area contributed by atoms with Gasteiger partial charge in [-0.25, -0.2) is 0 Å². The summed E-state index contributed by atoms with van der Waals surface area (Å²) in [5.41, 5.74) is 1.68. The molecule has 4 aliphatic carbocycles. The first-order valence-corrected chi connectivity index (χ1v) is 12.0. The molecule has 0 spiro atoms. The third kappa shape index (κ3) is 3.28. The molecule has 7 atom stereocenters. The van der Waals surface area contributed by atoms with Gasteiger partial charge in [0.25, 0.3) is 0 Å². The lowest BCUT2D eigenvalue weighted by atomic mass is 9.46. The minimum Gasteiger partial charge on any atom is -0.295 e. The Balaban J connectivity index is 1.54. The van der Waals surface area contributed by atoms with Crippen LogP contribution in [0.3, 0.4) is 0 Å². The summed E-state index contributed by atoms with van der Waals surface area (Å²) in [6.07, 6.45) is 10.1. The highest BCUT2D eigenvalue weighted by Crippen LogP contribution is 2.67. The number of rotatable bonds is 5. The number of allylic oxidation sites excluding steroid dienone is 2.